The number of nitrogens with zero attached hydrogens (tertiary/aromatic N) is 3. The summed E-state index contributed by atoms with van der Waals surface area (Å²) in [4.78, 5) is 11.0. The summed E-state index contributed by atoms with van der Waals surface area (Å²) in [5.74, 6) is 1.66. The summed E-state index contributed by atoms with van der Waals surface area (Å²) in [7, 11) is 1.81. The summed E-state index contributed by atoms with van der Waals surface area (Å²) >= 11 is 0. The Morgan fingerprint density at radius 1 is 1.27 bits per heavy atom. The van der Waals surface area contributed by atoms with Crippen molar-refractivity contribution in [2.75, 3.05) is 20.1 Å². The molecule has 138 valence electrons. The minimum absolute atomic E-state index is 0.290. The van der Waals surface area contributed by atoms with Crippen molar-refractivity contribution in [2.45, 2.75) is 26.8 Å². The maximum atomic E-state index is 12.9. The van der Waals surface area contributed by atoms with E-state index in [-0.39, 0.29) is 5.82 Å². The Hall–Kier alpha value is -2.63. The van der Waals surface area contributed by atoms with Crippen LogP contribution in [-0.4, -0.2) is 36.0 Å². The zero-order chi connectivity index (χ0) is 18.6. The third-order valence-electron chi connectivity index (χ3n) is 4.47. The summed E-state index contributed by atoms with van der Waals surface area (Å²) in [5.41, 5.74) is 1.37. The molecule has 0 saturated carbocycles. The number of rotatable bonds is 4. The van der Waals surface area contributed by atoms with Crippen molar-refractivity contribution < 1.29 is 9.13 Å². The van der Waals surface area contributed by atoms with Gasteiger partial charge < -0.3 is 15.0 Å². The summed E-state index contributed by atoms with van der Waals surface area (Å²) < 4.78 is 18.5. The van der Waals surface area contributed by atoms with Crippen LogP contribution in [0.5, 0.6) is 11.6 Å². The number of guanidine groups is 1. The second-order valence-corrected chi connectivity index (χ2v) is 7.30. The van der Waals surface area contributed by atoms with Gasteiger partial charge in [-0.25, -0.2) is 9.37 Å². The van der Waals surface area contributed by atoms with Gasteiger partial charge in [-0.05, 0) is 41.7 Å². The van der Waals surface area contributed by atoms with Crippen molar-refractivity contribution in [1.82, 2.24) is 15.2 Å². The lowest BCUT2D eigenvalue weighted by Gasteiger charge is -2.23. The van der Waals surface area contributed by atoms with Crippen molar-refractivity contribution in [3.8, 4) is 11.6 Å². The lowest BCUT2D eigenvalue weighted by Crippen LogP contribution is -2.40. The highest BCUT2D eigenvalue weighted by Gasteiger charge is 2.30. The van der Waals surface area contributed by atoms with Gasteiger partial charge in [-0.15, -0.1) is 0 Å². The van der Waals surface area contributed by atoms with Crippen LogP contribution in [0.1, 0.15) is 25.8 Å². The van der Waals surface area contributed by atoms with Crippen molar-refractivity contribution in [2.24, 2.45) is 10.4 Å². The normalized spacial score (nSPS) is 16.6. The molecule has 1 N–H and O–H groups in total. The first-order valence-electron chi connectivity index (χ1n) is 8.79. The molecule has 0 bridgehead atoms. The molecule has 0 amide bonds. The van der Waals surface area contributed by atoms with E-state index in [4.69, 9.17) is 4.74 Å². The predicted molar refractivity (Wildman–Crippen MR) is 101 cm³/mol. The molecule has 1 fully saturated rings. The smallest absolute Gasteiger partial charge is 0.219 e. The molecule has 0 aliphatic carbocycles. The Morgan fingerprint density at radius 3 is 2.62 bits per heavy atom. The van der Waals surface area contributed by atoms with Crippen LogP contribution in [0.3, 0.4) is 0 Å². The second kappa shape index (κ2) is 7.72. The van der Waals surface area contributed by atoms with Gasteiger partial charge in [-0.1, -0.05) is 19.9 Å². The van der Waals surface area contributed by atoms with Gasteiger partial charge >= 0.3 is 0 Å². The molecule has 0 radical (unpaired) electrons. The van der Waals surface area contributed by atoms with Crippen LogP contribution in [0, 0.1) is 11.2 Å². The third-order valence-corrected chi connectivity index (χ3v) is 4.47. The molecule has 1 saturated heterocycles. The van der Waals surface area contributed by atoms with Gasteiger partial charge in [0.05, 0.1) is 0 Å². The van der Waals surface area contributed by atoms with Crippen molar-refractivity contribution in [1.29, 1.82) is 0 Å². The summed E-state index contributed by atoms with van der Waals surface area (Å²) in [6, 6.07) is 9.64. The maximum absolute atomic E-state index is 12.9. The fraction of sp³-hybridized carbons (Fsp3) is 0.400. The first kappa shape index (κ1) is 18.2. The lowest BCUT2D eigenvalue weighted by molar-refractivity contribution is 0.370. The molecule has 1 aromatic carbocycles. The number of benzene rings is 1. The maximum Gasteiger partial charge on any atom is 0.219 e. The Morgan fingerprint density at radius 2 is 2.04 bits per heavy atom. The number of halogens is 1. The molecular weight excluding hydrogens is 331 g/mol. The Labute approximate surface area is 153 Å². The zero-order valence-corrected chi connectivity index (χ0v) is 15.5. The molecule has 26 heavy (non-hydrogen) atoms. The van der Waals surface area contributed by atoms with Gasteiger partial charge in [-0.3, -0.25) is 4.99 Å². The average molecular weight is 356 g/mol. The fourth-order valence-corrected chi connectivity index (χ4v) is 3.01. The van der Waals surface area contributed by atoms with E-state index in [0.29, 0.717) is 23.6 Å². The largest absolute Gasteiger partial charge is 0.439 e. The molecule has 1 aliphatic heterocycles. The van der Waals surface area contributed by atoms with Crippen LogP contribution in [0.25, 0.3) is 0 Å². The second-order valence-electron chi connectivity index (χ2n) is 7.30. The molecule has 3 rings (SSSR count). The van der Waals surface area contributed by atoms with Crippen molar-refractivity contribution >= 4 is 5.96 Å². The summed E-state index contributed by atoms with van der Waals surface area (Å²) in [5, 5.41) is 3.39. The molecule has 0 unspecified atom stereocenters. The molecule has 1 aliphatic rings. The van der Waals surface area contributed by atoms with Crippen LogP contribution in [-0.2, 0) is 6.54 Å². The molecule has 6 heteroatoms. The number of hydrogen-bond donors (Lipinski definition) is 1. The third kappa shape index (κ3) is 4.71. The summed E-state index contributed by atoms with van der Waals surface area (Å²) in [6.07, 6.45) is 2.94. The topological polar surface area (TPSA) is 49.8 Å². The number of ether oxygens (including phenoxy) is 1. The molecule has 0 spiro atoms. The van der Waals surface area contributed by atoms with Crippen LogP contribution < -0.4 is 10.1 Å². The Balaban J connectivity index is 1.54. The van der Waals surface area contributed by atoms with Crippen molar-refractivity contribution in [3.05, 3.63) is 54.0 Å². The zero-order valence-electron chi connectivity index (χ0n) is 15.5. The highest BCUT2D eigenvalue weighted by Crippen LogP contribution is 2.28. The SMILES string of the molecule is CN=C(NCc1ccc(Oc2ccc(F)cc2)nc1)N1CCC(C)(C)C1. The van der Waals surface area contributed by atoms with E-state index in [0.717, 1.165) is 24.6 Å². The van der Waals surface area contributed by atoms with Gasteiger partial charge in [0.15, 0.2) is 5.96 Å². The first-order valence-corrected chi connectivity index (χ1v) is 8.79. The monoisotopic (exact) mass is 356 g/mol. The van der Waals surface area contributed by atoms with E-state index < -0.39 is 0 Å². The molecule has 5 nitrogen and oxygen atoms in total. The highest BCUT2D eigenvalue weighted by atomic mass is 19.1. The van der Waals surface area contributed by atoms with E-state index in [1.165, 1.54) is 18.6 Å². The lowest BCUT2D eigenvalue weighted by atomic mass is 9.93. The molecule has 0 atom stereocenters. The number of likely N-dealkylation sites (tertiary alicyclic amines) is 1. The van der Waals surface area contributed by atoms with E-state index in [9.17, 15) is 4.39 Å². The van der Waals surface area contributed by atoms with Gasteiger partial charge in [0.25, 0.3) is 0 Å². The first-order chi connectivity index (χ1) is 12.4. The number of hydrogen-bond acceptors (Lipinski definition) is 3. The fourth-order valence-electron chi connectivity index (χ4n) is 3.01. The highest BCUT2D eigenvalue weighted by molar-refractivity contribution is 5.80. The Kier molecular flexibility index (Phi) is 5.40. The summed E-state index contributed by atoms with van der Waals surface area (Å²) in [6.45, 7) is 7.24. The van der Waals surface area contributed by atoms with Gasteiger partial charge in [0.2, 0.25) is 5.88 Å². The van der Waals surface area contributed by atoms with Crippen LogP contribution >= 0.6 is 0 Å². The van der Waals surface area contributed by atoms with Crippen LogP contribution in [0.4, 0.5) is 4.39 Å². The quantitative estimate of drug-likeness (QED) is 0.668. The van der Waals surface area contributed by atoms with Gasteiger partial charge in [0.1, 0.15) is 11.6 Å². The van der Waals surface area contributed by atoms with Gasteiger partial charge in [-0.2, -0.15) is 0 Å². The number of aromatic nitrogens is 1. The van der Waals surface area contributed by atoms with E-state index in [2.05, 4.69) is 34.0 Å². The number of pyridine rings is 1. The van der Waals surface area contributed by atoms with E-state index in [1.807, 2.05) is 19.2 Å². The number of nitrogens with one attached hydrogen (secondary N) is 1. The van der Waals surface area contributed by atoms with E-state index in [1.54, 1.807) is 18.3 Å². The van der Waals surface area contributed by atoms with Crippen LogP contribution in [0.2, 0.25) is 0 Å². The minimum Gasteiger partial charge on any atom is -0.439 e. The Bertz CT molecular complexity index is 756. The molecule has 2 heterocycles. The van der Waals surface area contributed by atoms with Crippen molar-refractivity contribution in [3.63, 3.8) is 0 Å². The predicted octanol–water partition coefficient (Wildman–Crippen LogP) is 3.82. The average Bonchev–Trinajstić information content (AvgIpc) is 2.99. The van der Waals surface area contributed by atoms with Crippen LogP contribution in [0.15, 0.2) is 47.6 Å². The standard InChI is InChI=1S/C20H25FN4O/c1-20(2)10-11-25(14-20)19(22-3)24-13-15-4-9-18(23-12-15)26-17-7-5-16(21)6-8-17/h4-9,12H,10-11,13-14H2,1-3H3,(H,22,24). The molecule has 1 aromatic heterocycles. The molecular formula is C20H25FN4O. The molecule has 2 aromatic rings. The van der Waals surface area contributed by atoms with Gasteiger partial charge in [0, 0.05) is 38.9 Å². The number of aliphatic imine (C=N–C) groups is 1. The van der Waals surface area contributed by atoms with E-state index >= 15 is 0 Å². The minimum atomic E-state index is -0.290.